The second kappa shape index (κ2) is 13.9. The molecule has 5 rings (SSSR count). The van der Waals surface area contributed by atoms with Gasteiger partial charge in [0, 0.05) is 7.05 Å². The van der Waals surface area contributed by atoms with E-state index < -0.39 is 12.1 Å². The monoisotopic (exact) mass is 584 g/mol. The summed E-state index contributed by atoms with van der Waals surface area (Å²) in [6.07, 6.45) is 7.13. The maximum absolute atomic E-state index is 12.9. The number of rotatable bonds is 9. The number of amidine groups is 1. The van der Waals surface area contributed by atoms with Crippen LogP contribution in [0.3, 0.4) is 0 Å². The molecule has 1 heterocycles. The molecule has 3 aromatic rings. The van der Waals surface area contributed by atoms with E-state index in [9.17, 15) is 14.7 Å². The van der Waals surface area contributed by atoms with Gasteiger partial charge < -0.3 is 14.6 Å². The predicted octanol–water partition coefficient (Wildman–Crippen LogP) is 7.14. The molecule has 1 aliphatic carbocycles. The van der Waals surface area contributed by atoms with Crippen LogP contribution in [0.1, 0.15) is 73.3 Å². The van der Waals surface area contributed by atoms with Crippen LogP contribution in [0.2, 0.25) is 0 Å². The molecule has 1 amide bonds. The largest absolute Gasteiger partial charge is 0.489 e. The Balaban J connectivity index is 1.17. The van der Waals surface area contributed by atoms with Crippen LogP contribution < -0.4 is 4.74 Å². The first-order valence-corrected chi connectivity index (χ1v) is 15.3. The molecule has 42 heavy (non-hydrogen) atoms. The summed E-state index contributed by atoms with van der Waals surface area (Å²) >= 11 is 1.29. The number of benzene rings is 3. The number of aliphatic hydroxyl groups is 1. The van der Waals surface area contributed by atoms with Crippen molar-refractivity contribution in [3.05, 3.63) is 100.0 Å². The van der Waals surface area contributed by atoms with Crippen molar-refractivity contribution in [1.82, 2.24) is 4.90 Å². The molecule has 0 bridgehead atoms. The van der Waals surface area contributed by atoms with Crippen molar-refractivity contribution in [1.29, 1.82) is 0 Å². The number of thioether (sulfide) groups is 1. The average Bonchev–Trinajstić information content (AvgIpc) is 3.29. The van der Waals surface area contributed by atoms with E-state index in [-0.39, 0.29) is 12.5 Å². The number of amides is 1. The van der Waals surface area contributed by atoms with Gasteiger partial charge in [0.15, 0.2) is 11.3 Å². The second-order valence-corrected chi connectivity index (χ2v) is 11.6. The normalized spacial score (nSPS) is 18.5. The second-order valence-electron chi connectivity index (χ2n) is 10.5. The molecule has 1 atom stereocenters. The summed E-state index contributed by atoms with van der Waals surface area (Å²) in [4.78, 5) is 31.3. The van der Waals surface area contributed by atoms with Crippen molar-refractivity contribution in [3.8, 4) is 5.75 Å². The van der Waals surface area contributed by atoms with Crippen molar-refractivity contribution in [2.45, 2.75) is 57.7 Å². The van der Waals surface area contributed by atoms with E-state index in [2.05, 4.69) is 29.3 Å². The zero-order chi connectivity index (χ0) is 29.5. The fourth-order valence-corrected chi connectivity index (χ4v) is 6.14. The molecule has 3 aromatic carbocycles. The van der Waals surface area contributed by atoms with Gasteiger partial charge in [-0.15, -0.1) is 0 Å². The topological polar surface area (TPSA) is 88.4 Å². The summed E-state index contributed by atoms with van der Waals surface area (Å²) in [5, 5.41) is 10.7. The molecule has 1 aliphatic heterocycles. The minimum atomic E-state index is -1.35. The van der Waals surface area contributed by atoms with E-state index in [4.69, 9.17) is 9.47 Å². The van der Waals surface area contributed by atoms with Crippen LogP contribution in [0.15, 0.2) is 82.7 Å². The lowest BCUT2D eigenvalue weighted by Crippen LogP contribution is -2.23. The minimum Gasteiger partial charge on any atom is -0.489 e. The highest BCUT2D eigenvalue weighted by Gasteiger charge is 2.30. The molecular weight excluding hydrogens is 548 g/mol. The Morgan fingerprint density at radius 1 is 1.02 bits per heavy atom. The lowest BCUT2D eigenvalue weighted by Gasteiger charge is -2.22. The number of nitrogens with zero attached hydrogens (tertiary/aromatic N) is 2. The van der Waals surface area contributed by atoms with Gasteiger partial charge in [-0.25, -0.2) is 9.79 Å². The smallest absolute Gasteiger partial charge is 0.339 e. The molecule has 0 radical (unpaired) electrons. The van der Waals surface area contributed by atoms with Crippen molar-refractivity contribution in [3.63, 3.8) is 0 Å². The first-order chi connectivity index (χ1) is 20.4. The maximum atomic E-state index is 12.9. The summed E-state index contributed by atoms with van der Waals surface area (Å²) in [7, 11) is 1.69. The Labute approximate surface area is 251 Å². The van der Waals surface area contributed by atoms with Crippen molar-refractivity contribution >= 4 is 40.6 Å². The first-order valence-electron chi connectivity index (χ1n) is 14.4. The summed E-state index contributed by atoms with van der Waals surface area (Å²) < 4.78 is 10.9. The quantitative estimate of drug-likeness (QED) is 0.212. The Bertz CT molecular complexity index is 1440. The fourth-order valence-electron chi connectivity index (χ4n) is 5.15. The molecule has 2 fully saturated rings. The molecule has 0 spiro atoms. The highest BCUT2D eigenvalue weighted by Crippen LogP contribution is 2.34. The van der Waals surface area contributed by atoms with E-state index in [0.717, 1.165) is 16.9 Å². The minimum absolute atomic E-state index is 0.134. The average molecular weight is 585 g/mol. The van der Waals surface area contributed by atoms with Crippen LogP contribution in [0.4, 0.5) is 5.69 Å². The first kappa shape index (κ1) is 29.6. The number of carbonyl (C=O) groups is 2. The molecule has 8 heteroatoms. The molecular formula is C34H36N2O5S. The van der Waals surface area contributed by atoms with Crippen LogP contribution in [-0.4, -0.2) is 40.7 Å². The van der Waals surface area contributed by atoms with E-state index in [1.807, 2.05) is 30.3 Å². The summed E-state index contributed by atoms with van der Waals surface area (Å²) in [6.45, 7) is 2.39. The molecule has 1 unspecified atom stereocenters. The van der Waals surface area contributed by atoms with Crippen molar-refractivity contribution in [2.75, 3.05) is 13.7 Å². The van der Waals surface area contributed by atoms with Crippen LogP contribution in [0.25, 0.3) is 6.08 Å². The predicted molar refractivity (Wildman–Crippen MR) is 167 cm³/mol. The van der Waals surface area contributed by atoms with E-state index in [0.29, 0.717) is 33.8 Å². The van der Waals surface area contributed by atoms with Crippen LogP contribution in [0, 0.1) is 0 Å². The third kappa shape index (κ3) is 7.30. The van der Waals surface area contributed by atoms with Gasteiger partial charge >= 0.3 is 5.97 Å². The van der Waals surface area contributed by atoms with E-state index in [1.165, 1.54) is 54.3 Å². The van der Waals surface area contributed by atoms with Gasteiger partial charge in [0.1, 0.15) is 12.4 Å². The number of aliphatic hydroxyl groups excluding tert-OH is 1. The third-order valence-electron chi connectivity index (χ3n) is 7.59. The van der Waals surface area contributed by atoms with Gasteiger partial charge in [-0.1, -0.05) is 67.8 Å². The SMILES string of the molecule is CCOC(=O)C(O)c1ccc(N=C2SC(=Cc3ccc(OCc4ccc(C5CCCCC5)cc4)cc3)C(=O)N2C)cc1. The van der Waals surface area contributed by atoms with Crippen LogP contribution in [-0.2, 0) is 20.9 Å². The van der Waals surface area contributed by atoms with Gasteiger partial charge in [-0.2, -0.15) is 0 Å². The van der Waals surface area contributed by atoms with E-state index in [1.54, 1.807) is 38.2 Å². The Morgan fingerprint density at radius 2 is 1.71 bits per heavy atom. The standard InChI is InChI=1S/C34H36N2O5S/c1-3-40-33(39)31(37)27-15-17-28(18-16-27)35-34-36(2)32(38)30(42-34)21-23-11-19-29(20-12-23)41-22-24-9-13-26(14-10-24)25-7-5-4-6-8-25/h9-21,25,31,37H,3-8,22H2,1-2H3. The Hall–Kier alpha value is -3.88. The summed E-state index contributed by atoms with van der Waals surface area (Å²) in [5.41, 5.74) is 4.50. The number of carbonyl (C=O) groups excluding carboxylic acids is 2. The highest BCUT2D eigenvalue weighted by atomic mass is 32.2. The van der Waals surface area contributed by atoms with E-state index >= 15 is 0 Å². The fraction of sp³-hybridized carbons (Fsp3) is 0.324. The zero-order valence-corrected chi connectivity index (χ0v) is 24.8. The van der Waals surface area contributed by atoms with Crippen LogP contribution in [0.5, 0.6) is 5.75 Å². The summed E-state index contributed by atoms with van der Waals surface area (Å²) in [5.74, 6) is 0.648. The lowest BCUT2D eigenvalue weighted by molar-refractivity contribution is -0.153. The number of hydrogen-bond acceptors (Lipinski definition) is 7. The molecule has 218 valence electrons. The molecule has 0 aromatic heterocycles. The number of ether oxygens (including phenoxy) is 2. The molecule has 1 saturated carbocycles. The molecule has 7 nitrogen and oxygen atoms in total. The Kier molecular flexibility index (Phi) is 9.77. The van der Waals surface area contributed by atoms with Gasteiger partial charge in [0.25, 0.3) is 5.91 Å². The van der Waals surface area contributed by atoms with Gasteiger partial charge in [-0.05, 0) is 90.0 Å². The lowest BCUT2D eigenvalue weighted by atomic mass is 9.84. The van der Waals surface area contributed by atoms with Gasteiger partial charge in [0.05, 0.1) is 17.2 Å². The van der Waals surface area contributed by atoms with Crippen molar-refractivity contribution in [2.24, 2.45) is 4.99 Å². The van der Waals surface area contributed by atoms with Gasteiger partial charge in [-0.3, -0.25) is 9.69 Å². The summed E-state index contributed by atoms with van der Waals surface area (Å²) in [6, 6.07) is 23.2. The zero-order valence-electron chi connectivity index (χ0n) is 24.0. The highest BCUT2D eigenvalue weighted by molar-refractivity contribution is 8.18. The maximum Gasteiger partial charge on any atom is 0.339 e. The third-order valence-corrected chi connectivity index (χ3v) is 8.65. The van der Waals surface area contributed by atoms with Crippen LogP contribution >= 0.6 is 11.8 Å². The van der Waals surface area contributed by atoms with Gasteiger partial charge in [0.2, 0.25) is 0 Å². The molecule has 1 N–H and O–H groups in total. The number of likely N-dealkylation sites (N-methyl/N-ethyl adjacent to an activating group) is 1. The Morgan fingerprint density at radius 3 is 2.38 bits per heavy atom. The molecule has 1 saturated heterocycles. The number of hydrogen-bond donors (Lipinski definition) is 1. The number of esters is 1. The molecule has 2 aliphatic rings. The number of aliphatic imine (C=N–C) groups is 1. The van der Waals surface area contributed by atoms with Crippen molar-refractivity contribution < 1.29 is 24.2 Å².